The summed E-state index contributed by atoms with van der Waals surface area (Å²) in [6.45, 7) is 5.07. The molecule has 0 radical (unpaired) electrons. The van der Waals surface area contributed by atoms with Crippen molar-refractivity contribution >= 4 is 47.4 Å². The Morgan fingerprint density at radius 3 is 1.24 bits per heavy atom. The fourth-order valence-electron chi connectivity index (χ4n) is 9.08. The molecule has 11 heterocycles. The highest BCUT2D eigenvalue weighted by Crippen LogP contribution is 2.35. The van der Waals surface area contributed by atoms with E-state index in [4.69, 9.17) is 4.74 Å². The molecule has 8 bridgehead atoms. The molecule has 0 saturated heterocycles. The van der Waals surface area contributed by atoms with Gasteiger partial charge in [-0.2, -0.15) is 0 Å². The molecule has 3 aromatic carbocycles. The molecular formula is C55H72N12O17. The topological polar surface area (TPSA) is 415 Å². The Labute approximate surface area is 481 Å². The number of hydrogen-bond acceptors (Lipinski definition) is 20. The van der Waals surface area contributed by atoms with Crippen LogP contribution >= 0.6 is 0 Å². The van der Waals surface area contributed by atoms with Crippen molar-refractivity contribution in [3.8, 4) is 34.5 Å². The van der Waals surface area contributed by atoms with Crippen LogP contribution in [0.1, 0.15) is 113 Å². The monoisotopic (exact) mass is 1170 g/mol. The van der Waals surface area contributed by atoms with E-state index in [1.54, 1.807) is 30.6 Å². The van der Waals surface area contributed by atoms with Crippen LogP contribution in [0.4, 0.5) is 4.79 Å². The van der Waals surface area contributed by atoms with Crippen LogP contribution in [0.2, 0.25) is 0 Å². The van der Waals surface area contributed by atoms with Gasteiger partial charge in [-0.15, -0.1) is 4.73 Å². The van der Waals surface area contributed by atoms with E-state index in [1.807, 2.05) is 4.90 Å². The Morgan fingerprint density at radius 2 is 0.869 bits per heavy atom. The minimum Gasteiger partial charge on any atom is -0.504 e. The lowest BCUT2D eigenvalue weighted by Gasteiger charge is -2.31. The third-order valence-electron chi connectivity index (χ3n) is 13.6. The molecule has 10 aliphatic heterocycles. The molecule has 1 atom stereocenters. The van der Waals surface area contributed by atoms with Gasteiger partial charge in [-0.3, -0.25) is 53.1 Å². The number of carbonyl (C=O) groups is 8. The number of amides is 8. The van der Waals surface area contributed by atoms with Crippen LogP contribution in [-0.2, 0) is 4.74 Å². The molecule has 0 saturated carbocycles. The molecule has 0 spiro atoms. The smallest absolute Gasteiger partial charge is 0.407 e. The van der Waals surface area contributed by atoms with Crippen molar-refractivity contribution in [3.05, 3.63) is 104 Å². The number of hydrogen-bond donors (Lipinski definition) is 15. The van der Waals surface area contributed by atoms with Gasteiger partial charge in [0.05, 0.1) is 33.4 Å². The van der Waals surface area contributed by atoms with Crippen molar-refractivity contribution in [2.45, 2.75) is 51.7 Å². The maximum atomic E-state index is 13.8. The van der Waals surface area contributed by atoms with E-state index in [1.165, 1.54) is 12.1 Å². The summed E-state index contributed by atoms with van der Waals surface area (Å²) >= 11 is 0. The SMILES string of the molecule is CC(C)(C)OC(=O)NCCCCC(CN1CCNC(=O)c2ccc(c(O)c2O)C(=O)NCCN2CCNC(=O)c3ccc(c(O)c3O)C(=O)NCCN(CCNC(=O)c3ccc(c(O)c3O)C(=O)NCC2)CC1)NC(=O)c1cccc(=O)n1O. The molecule has 29 nitrogen and oxygen atoms in total. The predicted molar refractivity (Wildman–Crippen MR) is 300 cm³/mol. The van der Waals surface area contributed by atoms with Crippen LogP contribution in [0, 0.1) is 0 Å². The molecule has 15 N–H and O–H groups in total. The first kappa shape index (κ1) is 63.8. The van der Waals surface area contributed by atoms with E-state index in [0.717, 1.165) is 42.5 Å². The summed E-state index contributed by atoms with van der Waals surface area (Å²) in [5.74, 6) is -11.2. The number of phenols is 6. The summed E-state index contributed by atoms with van der Waals surface area (Å²) in [4.78, 5) is 125. The number of benzene rings is 3. The summed E-state index contributed by atoms with van der Waals surface area (Å²) in [7, 11) is 0. The van der Waals surface area contributed by atoms with Gasteiger partial charge in [0.1, 0.15) is 11.3 Å². The molecule has 0 fully saturated rings. The van der Waals surface area contributed by atoms with Crippen molar-refractivity contribution < 1.29 is 78.9 Å². The van der Waals surface area contributed by atoms with Gasteiger partial charge in [-0.05, 0) is 82.5 Å². The number of unbranched alkanes of at least 4 members (excludes halogenated alkanes) is 1. The minimum absolute atomic E-state index is 0.0199. The standard InChI is InChI=1S/C55H72N12O17/c1-55(2,3)84-54(82)62-16-5-4-7-32(63-53(81)39-8-6-9-40(68)67(39)83)31-66-28-22-61-52(80)38-15-14-35(43(71)46(38)74)49(77)58-19-25-64-23-17-56-47(75)33-10-12-36(44(72)41(33)69)50(78)59-20-26-65(29-30-66)27-21-60-51(79)37-13-11-34(42(70)45(37)73)48(76)57-18-24-64/h6,8-15,32,69-74,83H,4-5,7,16-31H2,1-3H3,(H,56,75)(H,57,76)(H,58,77)(H,59,78)(H,60,79)(H,61,80)(H,62,82)(H,63,81). The van der Waals surface area contributed by atoms with Crippen molar-refractivity contribution in [1.82, 2.24) is 62.0 Å². The van der Waals surface area contributed by atoms with Crippen molar-refractivity contribution in [3.63, 3.8) is 0 Å². The number of phenolic OH excluding ortho intramolecular Hbond substituents is 6. The molecule has 0 aliphatic carbocycles. The van der Waals surface area contributed by atoms with Crippen LogP contribution in [0.15, 0.2) is 59.4 Å². The van der Waals surface area contributed by atoms with Crippen molar-refractivity contribution in [2.24, 2.45) is 0 Å². The molecule has 1 aromatic heterocycles. The third kappa shape index (κ3) is 17.6. The van der Waals surface area contributed by atoms with Crippen LogP contribution in [0.25, 0.3) is 0 Å². The number of aromatic nitrogens is 1. The van der Waals surface area contributed by atoms with Crippen LogP contribution in [0.5, 0.6) is 34.5 Å². The first-order valence-electron chi connectivity index (χ1n) is 27.1. The molecule has 84 heavy (non-hydrogen) atoms. The fourth-order valence-corrected chi connectivity index (χ4v) is 9.08. The summed E-state index contributed by atoms with van der Waals surface area (Å²) < 4.78 is 5.52. The lowest BCUT2D eigenvalue weighted by atomic mass is 10.1. The van der Waals surface area contributed by atoms with Gasteiger partial charge in [0.2, 0.25) is 0 Å². The van der Waals surface area contributed by atoms with Crippen molar-refractivity contribution in [2.75, 3.05) is 105 Å². The van der Waals surface area contributed by atoms with Crippen LogP contribution < -0.4 is 48.1 Å². The van der Waals surface area contributed by atoms with Gasteiger partial charge < -0.3 is 83.1 Å². The molecular weight excluding hydrogens is 1100 g/mol. The van der Waals surface area contributed by atoms with E-state index in [0.29, 0.717) is 12.8 Å². The zero-order valence-electron chi connectivity index (χ0n) is 46.7. The van der Waals surface area contributed by atoms with E-state index in [9.17, 15) is 79.0 Å². The zero-order valence-corrected chi connectivity index (χ0v) is 46.7. The second-order valence-corrected chi connectivity index (χ2v) is 20.7. The van der Waals surface area contributed by atoms with E-state index >= 15 is 0 Å². The molecule has 29 heteroatoms. The largest absolute Gasteiger partial charge is 0.504 e. The normalized spacial score (nSPS) is 18.1. The lowest BCUT2D eigenvalue weighted by Crippen LogP contribution is -2.49. The second kappa shape index (κ2) is 29.6. The third-order valence-corrected chi connectivity index (χ3v) is 13.6. The molecule has 1 unspecified atom stereocenters. The Kier molecular flexibility index (Phi) is 22.5. The first-order valence-corrected chi connectivity index (χ1v) is 27.1. The highest BCUT2D eigenvalue weighted by atomic mass is 16.6. The number of rotatable bonds is 9. The Bertz CT molecular complexity index is 3050. The summed E-state index contributed by atoms with van der Waals surface area (Å²) in [5, 5.41) is 98.1. The van der Waals surface area contributed by atoms with Crippen LogP contribution in [0.3, 0.4) is 0 Å². The van der Waals surface area contributed by atoms with Gasteiger partial charge >= 0.3 is 6.09 Å². The van der Waals surface area contributed by atoms with E-state index in [2.05, 4.69) is 42.5 Å². The number of nitrogens with one attached hydrogen (secondary N) is 8. The Morgan fingerprint density at radius 1 is 0.512 bits per heavy atom. The fraction of sp³-hybridized carbons (Fsp3) is 0.436. The summed E-state index contributed by atoms with van der Waals surface area (Å²) in [5.41, 5.74) is -4.26. The van der Waals surface area contributed by atoms with Gasteiger partial charge in [0, 0.05) is 117 Å². The van der Waals surface area contributed by atoms with Crippen molar-refractivity contribution in [1.29, 1.82) is 0 Å². The number of carbonyl (C=O) groups excluding carboxylic acids is 8. The molecule has 10 aliphatic rings. The molecule has 14 rings (SSSR count). The Hall–Kier alpha value is -9.35. The minimum atomic E-state index is -0.902. The van der Waals surface area contributed by atoms with E-state index in [-0.39, 0.29) is 149 Å². The lowest BCUT2D eigenvalue weighted by molar-refractivity contribution is 0.0525. The summed E-state index contributed by atoms with van der Waals surface area (Å²) in [6.07, 6.45) is 0.426. The summed E-state index contributed by atoms with van der Waals surface area (Å²) in [6, 6.07) is 9.68. The van der Waals surface area contributed by atoms with Gasteiger partial charge in [-0.25, -0.2) is 4.79 Å². The van der Waals surface area contributed by atoms with Crippen LogP contribution in [-0.4, -0.2) is 219 Å². The second-order valence-electron chi connectivity index (χ2n) is 20.7. The number of nitrogens with zero attached hydrogens (tertiary/aromatic N) is 4. The van der Waals surface area contributed by atoms with Gasteiger partial charge in [0.25, 0.3) is 46.9 Å². The highest BCUT2D eigenvalue weighted by molar-refractivity contribution is 6.05. The number of ether oxygens (including phenoxy) is 1. The zero-order chi connectivity index (χ0) is 61.3. The average Bonchev–Trinajstić information content (AvgIpc) is 2.91. The molecule has 8 amide bonds. The number of alkyl carbamates (subject to hydrolysis) is 1. The maximum absolute atomic E-state index is 13.8. The number of pyridine rings is 1. The highest BCUT2D eigenvalue weighted by Gasteiger charge is 2.27. The number of aromatic hydroxyl groups is 6. The predicted octanol–water partition coefficient (Wildman–Crippen LogP) is -0.475. The molecule has 4 aromatic rings. The quantitative estimate of drug-likeness (QED) is 0.0572. The van der Waals surface area contributed by atoms with Gasteiger partial charge in [0.15, 0.2) is 34.5 Å². The Balaban J connectivity index is 1.37. The molecule has 454 valence electrons. The average molecular weight is 1170 g/mol. The van der Waals surface area contributed by atoms with E-state index < -0.39 is 105 Å². The first-order chi connectivity index (χ1) is 39.9. The maximum Gasteiger partial charge on any atom is 0.407 e. The van der Waals surface area contributed by atoms with Gasteiger partial charge in [-0.1, -0.05) is 6.07 Å².